The van der Waals surface area contributed by atoms with Gasteiger partial charge in [0.2, 0.25) is 0 Å². The molecule has 0 bridgehead atoms. The Hall–Kier alpha value is -4.52. The molecular formula is C28H26F4N6O3. The molecule has 5 rings (SSSR count). The summed E-state index contributed by atoms with van der Waals surface area (Å²) in [5.74, 6) is -1.44. The molecular weight excluding hydrogens is 544 g/mol. The summed E-state index contributed by atoms with van der Waals surface area (Å²) in [5, 5.41) is 5.93. The number of aromatic nitrogens is 4. The molecule has 4 aromatic rings. The van der Waals surface area contributed by atoms with Crippen LogP contribution in [0.15, 0.2) is 70.4 Å². The van der Waals surface area contributed by atoms with Crippen LogP contribution in [0, 0.1) is 11.7 Å². The Kier molecular flexibility index (Phi) is 7.63. The van der Waals surface area contributed by atoms with Crippen molar-refractivity contribution in [3.63, 3.8) is 0 Å². The lowest BCUT2D eigenvalue weighted by atomic mass is 9.99. The quantitative estimate of drug-likeness (QED) is 0.258. The zero-order valence-corrected chi connectivity index (χ0v) is 21.6. The first kappa shape index (κ1) is 28.0. The van der Waals surface area contributed by atoms with Crippen LogP contribution >= 0.6 is 0 Å². The highest BCUT2D eigenvalue weighted by atomic mass is 19.4. The van der Waals surface area contributed by atoms with Crippen LogP contribution in [0.25, 0.3) is 5.69 Å². The number of hydrogen-bond acceptors (Lipinski definition) is 5. The summed E-state index contributed by atoms with van der Waals surface area (Å²) in [6.07, 6.45) is -0.390. The van der Waals surface area contributed by atoms with Gasteiger partial charge in [0.05, 0.1) is 17.4 Å². The summed E-state index contributed by atoms with van der Waals surface area (Å²) in [6.45, 7) is 0.107. The maximum atomic E-state index is 14.9. The first-order valence-electron chi connectivity index (χ1n) is 12.9. The number of H-pyrrole nitrogens is 1. The Balaban J connectivity index is 1.52. The molecule has 13 heteroatoms. The molecule has 1 aliphatic carbocycles. The molecule has 0 spiro atoms. The number of carbonyl (C=O) groups excluding carboxylic acids is 1. The lowest BCUT2D eigenvalue weighted by Gasteiger charge is -2.20. The molecule has 214 valence electrons. The van der Waals surface area contributed by atoms with Gasteiger partial charge in [0.25, 0.3) is 11.5 Å². The van der Waals surface area contributed by atoms with Crippen LogP contribution in [0.5, 0.6) is 0 Å². The van der Waals surface area contributed by atoms with Crippen molar-refractivity contribution in [2.45, 2.75) is 44.4 Å². The van der Waals surface area contributed by atoms with Gasteiger partial charge in [-0.15, -0.1) is 0 Å². The second-order valence-corrected chi connectivity index (χ2v) is 9.92. The van der Waals surface area contributed by atoms with E-state index in [4.69, 9.17) is 5.73 Å². The van der Waals surface area contributed by atoms with E-state index >= 15 is 0 Å². The third-order valence-corrected chi connectivity index (χ3v) is 6.99. The van der Waals surface area contributed by atoms with E-state index in [0.717, 1.165) is 34.6 Å². The van der Waals surface area contributed by atoms with Crippen LogP contribution < -0.4 is 22.3 Å². The Bertz CT molecular complexity index is 1680. The number of benzene rings is 2. The van der Waals surface area contributed by atoms with E-state index < -0.39 is 46.6 Å². The lowest BCUT2D eigenvalue weighted by Crippen LogP contribution is -2.37. The summed E-state index contributed by atoms with van der Waals surface area (Å²) in [4.78, 5) is 41.0. The van der Waals surface area contributed by atoms with Gasteiger partial charge < -0.3 is 16.0 Å². The van der Waals surface area contributed by atoms with Crippen molar-refractivity contribution in [1.29, 1.82) is 0 Å². The molecule has 9 nitrogen and oxygen atoms in total. The highest BCUT2D eigenvalue weighted by Crippen LogP contribution is 2.37. The zero-order chi connectivity index (χ0) is 29.3. The molecule has 1 amide bonds. The SMILES string of the molecule is NCc1cccc(-n2nc(C(F)(F)F)cc2C(=O)Nc2cc(C(CCC3CC3)n3c(=O)cc[nH]c3=O)ccc2F)c1. The average Bonchev–Trinajstić information content (AvgIpc) is 3.65. The number of nitrogens with two attached hydrogens (primary N) is 1. The van der Waals surface area contributed by atoms with E-state index in [-0.39, 0.29) is 17.9 Å². The van der Waals surface area contributed by atoms with E-state index in [0.29, 0.717) is 29.5 Å². The fraction of sp³-hybridized carbons (Fsp3) is 0.286. The second-order valence-electron chi connectivity index (χ2n) is 9.92. The molecule has 0 aliphatic heterocycles. The van der Waals surface area contributed by atoms with E-state index in [1.165, 1.54) is 36.5 Å². The van der Waals surface area contributed by atoms with Crippen molar-refractivity contribution in [3.8, 4) is 5.69 Å². The topological polar surface area (TPSA) is 128 Å². The number of nitrogens with zero attached hydrogens (tertiary/aromatic N) is 3. The van der Waals surface area contributed by atoms with Crippen molar-refractivity contribution in [2.75, 3.05) is 5.32 Å². The predicted octanol–water partition coefficient (Wildman–Crippen LogP) is 4.37. The molecule has 2 heterocycles. The molecule has 1 fully saturated rings. The Morgan fingerprint density at radius 1 is 1.12 bits per heavy atom. The molecule has 2 aromatic carbocycles. The number of rotatable bonds is 9. The third kappa shape index (κ3) is 6.14. The van der Waals surface area contributed by atoms with Crippen molar-refractivity contribution >= 4 is 11.6 Å². The summed E-state index contributed by atoms with van der Waals surface area (Å²) < 4.78 is 57.5. The van der Waals surface area contributed by atoms with Gasteiger partial charge in [-0.25, -0.2) is 13.9 Å². The molecule has 0 saturated heterocycles. The minimum atomic E-state index is -4.85. The van der Waals surface area contributed by atoms with E-state index in [1.807, 2.05) is 0 Å². The van der Waals surface area contributed by atoms with Gasteiger partial charge >= 0.3 is 11.9 Å². The van der Waals surface area contributed by atoms with Crippen LogP contribution in [0.1, 0.15) is 59.0 Å². The molecule has 1 saturated carbocycles. The number of hydrogen-bond donors (Lipinski definition) is 3. The number of nitrogens with one attached hydrogen (secondary N) is 2. The number of amides is 1. The fourth-order valence-electron chi connectivity index (χ4n) is 4.70. The summed E-state index contributed by atoms with van der Waals surface area (Å²) >= 11 is 0. The summed E-state index contributed by atoms with van der Waals surface area (Å²) in [5.41, 5.74) is 3.47. The number of aromatic amines is 1. The van der Waals surface area contributed by atoms with Crippen LogP contribution in [0.2, 0.25) is 0 Å². The van der Waals surface area contributed by atoms with Crippen LogP contribution in [-0.4, -0.2) is 25.2 Å². The van der Waals surface area contributed by atoms with E-state index in [1.54, 1.807) is 12.1 Å². The monoisotopic (exact) mass is 570 g/mol. The highest BCUT2D eigenvalue weighted by Gasteiger charge is 2.36. The van der Waals surface area contributed by atoms with Gasteiger partial charge in [-0.05, 0) is 54.2 Å². The van der Waals surface area contributed by atoms with Crippen molar-refractivity contribution in [1.82, 2.24) is 19.3 Å². The minimum absolute atomic E-state index is 0.107. The van der Waals surface area contributed by atoms with Crippen molar-refractivity contribution < 1.29 is 22.4 Å². The predicted molar refractivity (Wildman–Crippen MR) is 142 cm³/mol. The molecule has 1 unspecified atom stereocenters. The summed E-state index contributed by atoms with van der Waals surface area (Å²) in [7, 11) is 0. The van der Waals surface area contributed by atoms with Crippen molar-refractivity contribution in [3.05, 3.63) is 110 Å². The number of anilines is 1. The third-order valence-electron chi connectivity index (χ3n) is 6.99. The Labute approximate surface area is 230 Å². The largest absolute Gasteiger partial charge is 0.435 e. The van der Waals surface area contributed by atoms with E-state index in [9.17, 15) is 31.9 Å². The normalized spacial score (nSPS) is 14.2. The molecule has 4 N–H and O–H groups in total. The molecule has 0 radical (unpaired) electrons. The van der Waals surface area contributed by atoms with Gasteiger partial charge in [0, 0.05) is 24.9 Å². The first-order chi connectivity index (χ1) is 19.5. The molecule has 2 aromatic heterocycles. The van der Waals surface area contributed by atoms with E-state index in [2.05, 4.69) is 15.4 Å². The standard InChI is InChI=1S/C28H26F4N6O3/c29-20-8-7-18(22(9-6-16-4-5-16)37-25(39)10-11-34-27(37)41)13-21(20)35-26(40)23-14-24(28(30,31)32)36-38(23)19-3-1-2-17(12-19)15-33/h1-3,7-8,10-14,16,22H,4-6,9,15,33H2,(H,34,41)(H,35,40). The Morgan fingerprint density at radius 3 is 2.59 bits per heavy atom. The maximum Gasteiger partial charge on any atom is 0.435 e. The highest BCUT2D eigenvalue weighted by molar-refractivity contribution is 6.03. The number of alkyl halides is 3. The first-order valence-corrected chi connectivity index (χ1v) is 12.9. The van der Waals surface area contributed by atoms with Gasteiger partial charge in [-0.3, -0.25) is 14.2 Å². The van der Waals surface area contributed by atoms with Crippen molar-refractivity contribution in [2.24, 2.45) is 11.7 Å². The van der Waals surface area contributed by atoms with Gasteiger partial charge in [-0.1, -0.05) is 31.0 Å². The Morgan fingerprint density at radius 2 is 1.90 bits per heavy atom. The maximum absolute atomic E-state index is 14.9. The van der Waals surface area contributed by atoms with Crippen LogP contribution in [0.3, 0.4) is 0 Å². The molecule has 41 heavy (non-hydrogen) atoms. The summed E-state index contributed by atoms with van der Waals surface area (Å²) in [6, 6.07) is 11.0. The average molecular weight is 571 g/mol. The number of carbonyl (C=O) groups is 1. The zero-order valence-electron chi connectivity index (χ0n) is 21.6. The van der Waals surface area contributed by atoms with Gasteiger partial charge in [-0.2, -0.15) is 18.3 Å². The molecule has 1 atom stereocenters. The minimum Gasteiger partial charge on any atom is -0.326 e. The lowest BCUT2D eigenvalue weighted by molar-refractivity contribution is -0.141. The van der Waals surface area contributed by atoms with Gasteiger partial charge in [0.1, 0.15) is 11.5 Å². The smallest absolute Gasteiger partial charge is 0.326 e. The van der Waals surface area contributed by atoms with Gasteiger partial charge in [0.15, 0.2) is 5.69 Å². The fourth-order valence-corrected chi connectivity index (χ4v) is 4.70. The molecule has 1 aliphatic rings. The number of halogens is 4. The second kappa shape index (κ2) is 11.2. The van der Waals surface area contributed by atoms with Crippen LogP contribution in [0.4, 0.5) is 23.2 Å². The van der Waals surface area contributed by atoms with Crippen LogP contribution in [-0.2, 0) is 12.7 Å².